The fourth-order valence-corrected chi connectivity index (χ4v) is 1.09. The maximum atomic E-state index is 11.6. The highest BCUT2D eigenvalue weighted by Crippen LogP contribution is 2.11. The van der Waals surface area contributed by atoms with Crippen molar-refractivity contribution in [2.45, 2.75) is 20.0 Å². The highest BCUT2D eigenvalue weighted by atomic mass is 16.7. The van der Waals surface area contributed by atoms with Gasteiger partial charge >= 0.3 is 0 Å². The molecule has 16 heavy (non-hydrogen) atoms. The first kappa shape index (κ1) is 12.4. The maximum absolute atomic E-state index is 11.6. The second kappa shape index (κ2) is 5.46. The largest absolute Gasteiger partial charge is 0.489 e. The van der Waals surface area contributed by atoms with E-state index in [1.54, 1.807) is 12.1 Å². The van der Waals surface area contributed by atoms with E-state index in [2.05, 4.69) is 4.98 Å². The van der Waals surface area contributed by atoms with E-state index in [4.69, 9.17) is 9.57 Å². The first-order chi connectivity index (χ1) is 7.54. The molecule has 1 aromatic heterocycles. The third-order valence-corrected chi connectivity index (χ3v) is 1.89. The molecule has 0 aromatic carbocycles. The summed E-state index contributed by atoms with van der Waals surface area (Å²) in [6.07, 6.45) is 1.61. The number of carbonyl (C=O) groups is 1. The number of aromatic nitrogens is 1. The summed E-state index contributed by atoms with van der Waals surface area (Å²) < 4.78 is 5.42. The molecule has 1 heterocycles. The zero-order chi connectivity index (χ0) is 12.1. The summed E-state index contributed by atoms with van der Waals surface area (Å²) in [7, 11) is 2.96. The molecule has 5 heteroatoms. The van der Waals surface area contributed by atoms with Crippen LogP contribution in [0.5, 0.6) is 5.75 Å². The van der Waals surface area contributed by atoms with Gasteiger partial charge in [-0.25, -0.2) is 10.0 Å². The predicted octanol–water partition coefficient (Wildman–Crippen LogP) is 1.50. The lowest BCUT2D eigenvalue weighted by Crippen LogP contribution is -2.26. The number of amides is 1. The van der Waals surface area contributed by atoms with Gasteiger partial charge in [0.1, 0.15) is 11.4 Å². The first-order valence-electron chi connectivity index (χ1n) is 4.99. The third kappa shape index (κ3) is 3.20. The smallest absolute Gasteiger partial charge is 0.295 e. The van der Waals surface area contributed by atoms with Crippen LogP contribution in [0.15, 0.2) is 18.3 Å². The van der Waals surface area contributed by atoms with Crippen LogP contribution in [0.1, 0.15) is 24.3 Å². The van der Waals surface area contributed by atoms with Gasteiger partial charge < -0.3 is 4.74 Å². The molecule has 1 aromatic rings. The summed E-state index contributed by atoms with van der Waals surface area (Å²) in [5, 5.41) is 1.12. The Kier molecular flexibility index (Phi) is 4.25. The highest BCUT2D eigenvalue weighted by Gasteiger charge is 2.12. The van der Waals surface area contributed by atoms with Gasteiger partial charge in [-0.15, -0.1) is 0 Å². The van der Waals surface area contributed by atoms with Crippen LogP contribution in [0.25, 0.3) is 0 Å². The molecule has 0 radical (unpaired) electrons. The number of pyridine rings is 1. The van der Waals surface area contributed by atoms with E-state index < -0.39 is 0 Å². The van der Waals surface area contributed by atoms with E-state index in [1.165, 1.54) is 20.4 Å². The van der Waals surface area contributed by atoms with Crippen molar-refractivity contribution in [1.29, 1.82) is 0 Å². The van der Waals surface area contributed by atoms with Crippen LogP contribution in [0, 0.1) is 0 Å². The van der Waals surface area contributed by atoms with Gasteiger partial charge in [0.05, 0.1) is 19.4 Å². The number of rotatable bonds is 4. The minimum atomic E-state index is -0.293. The van der Waals surface area contributed by atoms with Crippen LogP contribution in [0.3, 0.4) is 0 Å². The lowest BCUT2D eigenvalue weighted by Gasteiger charge is -2.13. The second-order valence-electron chi connectivity index (χ2n) is 3.53. The Morgan fingerprint density at radius 1 is 1.44 bits per heavy atom. The summed E-state index contributed by atoms with van der Waals surface area (Å²) in [4.78, 5) is 20.4. The number of hydroxylamine groups is 2. The predicted molar refractivity (Wildman–Crippen MR) is 59.1 cm³/mol. The van der Waals surface area contributed by atoms with Crippen LogP contribution in [-0.2, 0) is 4.84 Å². The van der Waals surface area contributed by atoms with Gasteiger partial charge in [-0.3, -0.25) is 9.63 Å². The number of hydrogen-bond donors (Lipinski definition) is 0. The summed E-state index contributed by atoms with van der Waals surface area (Å²) in [6, 6.07) is 3.32. The molecular weight excluding hydrogens is 208 g/mol. The van der Waals surface area contributed by atoms with Crippen molar-refractivity contribution < 1.29 is 14.4 Å². The lowest BCUT2D eigenvalue weighted by atomic mass is 10.3. The molecule has 1 rings (SSSR count). The molecule has 0 unspecified atom stereocenters. The van der Waals surface area contributed by atoms with Crippen LogP contribution in [-0.4, -0.2) is 36.2 Å². The standard InChI is InChI=1S/C11H16N2O3/c1-8(2)16-9-5-6-10(12-7-9)11(14)13(3)15-4/h5-8H,1-4H3. The SMILES string of the molecule is CON(C)C(=O)c1ccc(OC(C)C)cn1. The Morgan fingerprint density at radius 2 is 2.12 bits per heavy atom. The molecule has 0 aliphatic heterocycles. The minimum Gasteiger partial charge on any atom is -0.489 e. The molecule has 0 atom stereocenters. The van der Waals surface area contributed by atoms with Gasteiger partial charge in [-0.2, -0.15) is 0 Å². The molecule has 0 saturated heterocycles. The van der Waals surface area contributed by atoms with E-state index in [-0.39, 0.29) is 12.0 Å². The maximum Gasteiger partial charge on any atom is 0.295 e. The fraction of sp³-hybridized carbons (Fsp3) is 0.455. The number of hydrogen-bond acceptors (Lipinski definition) is 4. The molecule has 0 bridgehead atoms. The quantitative estimate of drug-likeness (QED) is 0.727. The van der Waals surface area contributed by atoms with Crippen LogP contribution < -0.4 is 4.74 Å². The minimum absolute atomic E-state index is 0.0880. The van der Waals surface area contributed by atoms with Crippen molar-refractivity contribution in [3.63, 3.8) is 0 Å². The molecule has 0 N–H and O–H groups in total. The van der Waals surface area contributed by atoms with Gasteiger partial charge in [0, 0.05) is 7.05 Å². The van der Waals surface area contributed by atoms with Crippen LogP contribution in [0.4, 0.5) is 0 Å². The molecule has 0 aliphatic rings. The Bertz CT molecular complexity index is 349. The summed E-state index contributed by atoms with van der Waals surface area (Å²) in [6.45, 7) is 3.86. The molecule has 0 fully saturated rings. The Hall–Kier alpha value is -1.62. The molecule has 5 nitrogen and oxygen atoms in total. The van der Waals surface area contributed by atoms with E-state index in [9.17, 15) is 4.79 Å². The molecule has 0 aliphatic carbocycles. The van der Waals surface area contributed by atoms with Gasteiger partial charge in [0.25, 0.3) is 5.91 Å². The average Bonchev–Trinajstić information content (AvgIpc) is 2.27. The van der Waals surface area contributed by atoms with E-state index >= 15 is 0 Å². The normalized spacial score (nSPS) is 10.3. The average molecular weight is 224 g/mol. The van der Waals surface area contributed by atoms with Crippen molar-refractivity contribution in [3.8, 4) is 5.75 Å². The van der Waals surface area contributed by atoms with Crippen molar-refractivity contribution in [3.05, 3.63) is 24.0 Å². The van der Waals surface area contributed by atoms with Crippen LogP contribution >= 0.6 is 0 Å². The van der Waals surface area contributed by atoms with E-state index in [1.807, 2.05) is 13.8 Å². The van der Waals surface area contributed by atoms with Crippen LogP contribution in [0.2, 0.25) is 0 Å². The van der Waals surface area contributed by atoms with Crippen molar-refractivity contribution in [2.75, 3.05) is 14.2 Å². The van der Waals surface area contributed by atoms with Crippen molar-refractivity contribution >= 4 is 5.91 Å². The topological polar surface area (TPSA) is 51.7 Å². The molecule has 88 valence electrons. The van der Waals surface area contributed by atoms with Crippen molar-refractivity contribution in [1.82, 2.24) is 10.0 Å². The van der Waals surface area contributed by atoms with Gasteiger partial charge in [0.2, 0.25) is 0 Å². The monoisotopic (exact) mass is 224 g/mol. The highest BCUT2D eigenvalue weighted by molar-refractivity contribution is 5.91. The van der Waals surface area contributed by atoms with Gasteiger partial charge in [-0.05, 0) is 26.0 Å². The fourth-order valence-electron chi connectivity index (χ4n) is 1.09. The van der Waals surface area contributed by atoms with Gasteiger partial charge in [0.15, 0.2) is 0 Å². The number of nitrogens with zero attached hydrogens (tertiary/aromatic N) is 2. The third-order valence-electron chi connectivity index (χ3n) is 1.89. The summed E-state index contributed by atoms with van der Waals surface area (Å²) in [5.74, 6) is 0.352. The molecular formula is C11H16N2O3. The lowest BCUT2D eigenvalue weighted by molar-refractivity contribution is -0.0760. The number of carbonyl (C=O) groups excluding carboxylic acids is 1. The summed E-state index contributed by atoms with van der Waals surface area (Å²) in [5.41, 5.74) is 0.320. The molecule has 0 spiro atoms. The number of ether oxygens (including phenoxy) is 1. The van der Waals surface area contributed by atoms with Crippen molar-refractivity contribution in [2.24, 2.45) is 0 Å². The first-order valence-corrected chi connectivity index (χ1v) is 4.99. The summed E-state index contributed by atoms with van der Waals surface area (Å²) >= 11 is 0. The van der Waals surface area contributed by atoms with E-state index in [0.717, 1.165) is 5.06 Å². The zero-order valence-corrected chi connectivity index (χ0v) is 9.93. The van der Waals surface area contributed by atoms with Gasteiger partial charge in [-0.1, -0.05) is 0 Å². The Balaban J connectivity index is 2.74. The Labute approximate surface area is 94.9 Å². The second-order valence-corrected chi connectivity index (χ2v) is 3.53. The Morgan fingerprint density at radius 3 is 2.56 bits per heavy atom. The zero-order valence-electron chi connectivity index (χ0n) is 9.93. The molecule has 1 amide bonds. The molecule has 0 saturated carbocycles. The van der Waals surface area contributed by atoms with E-state index in [0.29, 0.717) is 11.4 Å².